The van der Waals surface area contributed by atoms with Crippen LogP contribution >= 0.6 is 22.9 Å². The van der Waals surface area contributed by atoms with Crippen LogP contribution in [0.3, 0.4) is 0 Å². The normalized spacial score (nSPS) is 19.1. The Bertz CT molecular complexity index is 631. The highest BCUT2D eigenvalue weighted by molar-refractivity contribution is 7.19. The molecule has 4 rings (SSSR count). The van der Waals surface area contributed by atoms with Gasteiger partial charge in [-0.05, 0) is 55.7 Å². The zero-order chi connectivity index (χ0) is 12.8. The number of piperidine rings is 1. The maximum absolute atomic E-state index is 6.12. The van der Waals surface area contributed by atoms with Gasteiger partial charge in [-0.2, -0.15) is 4.98 Å². The van der Waals surface area contributed by atoms with E-state index in [1.54, 1.807) is 0 Å². The summed E-state index contributed by atoms with van der Waals surface area (Å²) >= 11 is 7.94. The van der Waals surface area contributed by atoms with Gasteiger partial charge in [0.05, 0.1) is 5.39 Å². The van der Waals surface area contributed by atoms with Crippen molar-refractivity contribution in [2.24, 2.45) is 0 Å². The highest BCUT2D eigenvalue weighted by Gasteiger charge is 2.25. The van der Waals surface area contributed by atoms with Crippen LogP contribution in [0.1, 0.15) is 36.1 Å². The molecule has 0 bridgehead atoms. The Labute approximate surface area is 121 Å². The number of hydrogen-bond acceptors (Lipinski definition) is 4. The second kappa shape index (κ2) is 4.60. The van der Waals surface area contributed by atoms with Gasteiger partial charge >= 0.3 is 0 Å². The van der Waals surface area contributed by atoms with E-state index in [1.807, 2.05) is 11.3 Å². The van der Waals surface area contributed by atoms with E-state index in [9.17, 15) is 0 Å². The molecule has 0 unspecified atom stereocenters. The molecular formula is C14H16ClN3S. The number of halogens is 1. The SMILES string of the molecule is Clc1nc(N2CCCCC2)c2c3c(sc2n1)CCC3. The summed E-state index contributed by atoms with van der Waals surface area (Å²) in [7, 11) is 0. The van der Waals surface area contributed by atoms with Crippen LogP contribution in [0.5, 0.6) is 0 Å². The summed E-state index contributed by atoms with van der Waals surface area (Å²) in [6.07, 6.45) is 7.51. The topological polar surface area (TPSA) is 29.0 Å². The summed E-state index contributed by atoms with van der Waals surface area (Å²) in [6.45, 7) is 2.21. The van der Waals surface area contributed by atoms with E-state index < -0.39 is 0 Å². The average molecular weight is 294 g/mol. The van der Waals surface area contributed by atoms with Crippen LogP contribution in [0.4, 0.5) is 5.82 Å². The molecule has 0 saturated carbocycles. The number of fused-ring (bicyclic) bond motifs is 3. The van der Waals surface area contributed by atoms with Crippen LogP contribution in [-0.2, 0) is 12.8 Å². The van der Waals surface area contributed by atoms with E-state index in [1.165, 1.54) is 54.4 Å². The highest BCUT2D eigenvalue weighted by Crippen LogP contribution is 2.41. The molecule has 2 aromatic rings. The van der Waals surface area contributed by atoms with Gasteiger partial charge in [-0.3, -0.25) is 0 Å². The maximum Gasteiger partial charge on any atom is 0.225 e. The largest absolute Gasteiger partial charge is 0.356 e. The summed E-state index contributed by atoms with van der Waals surface area (Å²) in [6, 6.07) is 0. The van der Waals surface area contributed by atoms with Crippen LogP contribution < -0.4 is 4.90 Å². The minimum Gasteiger partial charge on any atom is -0.356 e. The molecule has 100 valence electrons. The van der Waals surface area contributed by atoms with E-state index in [4.69, 9.17) is 11.6 Å². The lowest BCUT2D eigenvalue weighted by Crippen LogP contribution is -2.30. The number of nitrogens with zero attached hydrogens (tertiary/aromatic N) is 3. The minimum atomic E-state index is 0.396. The fourth-order valence-electron chi connectivity index (χ4n) is 3.29. The average Bonchev–Trinajstić information content (AvgIpc) is 2.98. The molecule has 3 nitrogen and oxygen atoms in total. The first kappa shape index (κ1) is 11.9. The van der Waals surface area contributed by atoms with Crippen molar-refractivity contribution in [1.29, 1.82) is 0 Å². The third kappa shape index (κ3) is 1.93. The standard InChI is InChI=1S/C14H16ClN3S/c15-14-16-12(18-7-2-1-3-8-18)11-9-5-4-6-10(9)19-13(11)17-14/h1-8H2. The molecule has 1 aliphatic heterocycles. The van der Waals surface area contributed by atoms with E-state index in [2.05, 4.69) is 14.9 Å². The number of aryl methyl sites for hydroxylation is 2. The Hall–Kier alpha value is -0.870. The maximum atomic E-state index is 6.12. The third-order valence-electron chi connectivity index (χ3n) is 4.17. The Kier molecular flexibility index (Phi) is 2.88. The summed E-state index contributed by atoms with van der Waals surface area (Å²) in [5, 5.41) is 1.69. The molecule has 2 aliphatic rings. The number of hydrogen-bond donors (Lipinski definition) is 0. The van der Waals surface area contributed by atoms with Crippen LogP contribution in [0, 0.1) is 0 Å². The van der Waals surface area contributed by atoms with Gasteiger partial charge in [0, 0.05) is 18.0 Å². The fourth-order valence-corrected chi connectivity index (χ4v) is 4.76. The number of aromatic nitrogens is 2. The molecule has 19 heavy (non-hydrogen) atoms. The molecular weight excluding hydrogens is 278 g/mol. The van der Waals surface area contributed by atoms with Crippen LogP contribution in [-0.4, -0.2) is 23.1 Å². The van der Waals surface area contributed by atoms with E-state index >= 15 is 0 Å². The van der Waals surface area contributed by atoms with Crippen molar-refractivity contribution < 1.29 is 0 Å². The molecule has 1 saturated heterocycles. The molecule has 0 N–H and O–H groups in total. The van der Waals surface area contributed by atoms with Crippen molar-refractivity contribution in [2.45, 2.75) is 38.5 Å². The monoisotopic (exact) mass is 293 g/mol. The van der Waals surface area contributed by atoms with Crippen molar-refractivity contribution in [2.75, 3.05) is 18.0 Å². The molecule has 3 heterocycles. The quantitative estimate of drug-likeness (QED) is 0.749. The van der Waals surface area contributed by atoms with Crippen LogP contribution in [0.25, 0.3) is 10.2 Å². The van der Waals surface area contributed by atoms with Crippen molar-refractivity contribution in [3.8, 4) is 0 Å². The fraction of sp³-hybridized carbons (Fsp3) is 0.571. The van der Waals surface area contributed by atoms with Gasteiger partial charge in [0.2, 0.25) is 5.28 Å². The van der Waals surface area contributed by atoms with Crippen LogP contribution in [0.2, 0.25) is 5.28 Å². The van der Waals surface area contributed by atoms with Crippen molar-refractivity contribution in [3.05, 3.63) is 15.7 Å². The Morgan fingerprint density at radius 1 is 1.00 bits per heavy atom. The molecule has 1 aliphatic carbocycles. The first-order valence-electron chi connectivity index (χ1n) is 7.05. The summed E-state index contributed by atoms with van der Waals surface area (Å²) in [4.78, 5) is 14.0. The second-order valence-electron chi connectivity index (χ2n) is 5.40. The zero-order valence-corrected chi connectivity index (χ0v) is 12.4. The second-order valence-corrected chi connectivity index (χ2v) is 6.82. The van der Waals surface area contributed by atoms with Crippen molar-refractivity contribution >= 4 is 39.0 Å². The summed E-state index contributed by atoms with van der Waals surface area (Å²) in [5.74, 6) is 1.09. The van der Waals surface area contributed by atoms with Gasteiger partial charge in [0.1, 0.15) is 10.6 Å². The van der Waals surface area contributed by atoms with Crippen LogP contribution in [0.15, 0.2) is 0 Å². The van der Waals surface area contributed by atoms with Gasteiger partial charge in [-0.15, -0.1) is 11.3 Å². The Morgan fingerprint density at radius 2 is 1.84 bits per heavy atom. The van der Waals surface area contributed by atoms with Crippen molar-refractivity contribution in [1.82, 2.24) is 9.97 Å². The lowest BCUT2D eigenvalue weighted by Gasteiger charge is -2.28. The smallest absolute Gasteiger partial charge is 0.225 e. The van der Waals surface area contributed by atoms with E-state index in [0.29, 0.717) is 5.28 Å². The minimum absolute atomic E-state index is 0.396. The van der Waals surface area contributed by atoms with Crippen molar-refractivity contribution in [3.63, 3.8) is 0 Å². The lowest BCUT2D eigenvalue weighted by atomic mass is 10.1. The van der Waals surface area contributed by atoms with Gasteiger partial charge in [-0.25, -0.2) is 4.98 Å². The van der Waals surface area contributed by atoms with E-state index in [0.717, 1.165) is 23.7 Å². The molecule has 0 spiro atoms. The summed E-state index contributed by atoms with van der Waals surface area (Å²) < 4.78 is 0. The third-order valence-corrected chi connectivity index (χ3v) is 5.53. The van der Waals surface area contributed by atoms with E-state index in [-0.39, 0.29) is 0 Å². The molecule has 2 aromatic heterocycles. The van der Waals surface area contributed by atoms with Gasteiger partial charge in [0.15, 0.2) is 0 Å². The zero-order valence-electron chi connectivity index (χ0n) is 10.8. The first-order chi connectivity index (χ1) is 9.33. The molecule has 0 atom stereocenters. The molecule has 0 amide bonds. The van der Waals surface area contributed by atoms with Gasteiger partial charge in [0.25, 0.3) is 0 Å². The predicted molar refractivity (Wildman–Crippen MR) is 80.5 cm³/mol. The number of thiophene rings is 1. The summed E-state index contributed by atoms with van der Waals surface area (Å²) in [5.41, 5.74) is 1.50. The number of rotatable bonds is 1. The lowest BCUT2D eigenvalue weighted by molar-refractivity contribution is 0.574. The molecule has 0 radical (unpaired) electrons. The highest BCUT2D eigenvalue weighted by atomic mass is 35.5. The van der Waals surface area contributed by atoms with Gasteiger partial charge in [-0.1, -0.05) is 0 Å². The Balaban J connectivity index is 1.92. The molecule has 0 aromatic carbocycles. The number of anilines is 1. The van der Waals surface area contributed by atoms with Gasteiger partial charge < -0.3 is 4.90 Å². The molecule has 1 fully saturated rings. The predicted octanol–water partition coefficient (Wildman–Crippen LogP) is 3.82. The Morgan fingerprint density at radius 3 is 2.68 bits per heavy atom. The first-order valence-corrected chi connectivity index (χ1v) is 8.25. The molecule has 5 heteroatoms.